The van der Waals surface area contributed by atoms with Gasteiger partial charge in [-0.05, 0) is 24.3 Å². The van der Waals surface area contributed by atoms with E-state index in [-0.39, 0.29) is 23.4 Å². The number of rotatable bonds is 5. The van der Waals surface area contributed by atoms with Crippen LogP contribution in [0, 0.1) is 0 Å². The lowest BCUT2D eigenvalue weighted by atomic mass is 9.97. The Balaban J connectivity index is 1.59. The zero-order chi connectivity index (χ0) is 20.5. The van der Waals surface area contributed by atoms with E-state index >= 15 is 0 Å². The van der Waals surface area contributed by atoms with Crippen LogP contribution in [0.15, 0.2) is 35.1 Å². The number of carbonyl (C=O) groups excluding carboxylic acids is 1. The van der Waals surface area contributed by atoms with Crippen molar-refractivity contribution < 1.29 is 4.79 Å². The van der Waals surface area contributed by atoms with E-state index in [1.54, 1.807) is 11.6 Å². The van der Waals surface area contributed by atoms with Crippen molar-refractivity contribution in [3.05, 3.63) is 57.1 Å². The largest absolute Gasteiger partial charge is 0.333 e. The maximum absolute atomic E-state index is 13.1. The molecule has 152 valence electrons. The molecule has 0 aliphatic carbocycles. The molecule has 0 unspecified atom stereocenters. The van der Waals surface area contributed by atoms with E-state index < -0.39 is 0 Å². The lowest BCUT2D eigenvalue weighted by Crippen LogP contribution is -2.31. The van der Waals surface area contributed by atoms with Crippen molar-refractivity contribution in [2.45, 2.75) is 51.5 Å². The minimum Gasteiger partial charge on any atom is -0.333 e. The second-order valence-corrected chi connectivity index (χ2v) is 8.72. The topological polar surface area (TPSA) is 68.1 Å². The van der Waals surface area contributed by atoms with E-state index in [0.29, 0.717) is 23.2 Å². The number of aryl methyl sites for hydroxylation is 1. The molecule has 4 rings (SSSR count). The zero-order valence-electron chi connectivity index (χ0n) is 17.1. The molecule has 2 aromatic heterocycles. The van der Waals surface area contributed by atoms with Crippen molar-refractivity contribution in [3.63, 3.8) is 0 Å². The molecule has 0 radical (unpaired) electrons. The number of carbonyl (C=O) groups is 1. The van der Waals surface area contributed by atoms with Crippen LogP contribution in [0.25, 0.3) is 10.3 Å². The highest BCUT2D eigenvalue weighted by Crippen LogP contribution is 2.36. The van der Waals surface area contributed by atoms with Gasteiger partial charge in [-0.1, -0.05) is 55.5 Å². The molecule has 1 saturated heterocycles. The summed E-state index contributed by atoms with van der Waals surface area (Å²) in [6, 6.07) is 10.1. The smallest absolute Gasteiger partial charge is 0.280 e. The summed E-state index contributed by atoms with van der Waals surface area (Å²) >= 11 is 1.45. The average Bonchev–Trinajstić information content (AvgIpc) is 3.38. The minimum absolute atomic E-state index is 0.0561. The third kappa shape index (κ3) is 3.71. The van der Waals surface area contributed by atoms with Crippen LogP contribution in [0.4, 0.5) is 0 Å². The summed E-state index contributed by atoms with van der Waals surface area (Å²) in [7, 11) is 1.74. The van der Waals surface area contributed by atoms with Gasteiger partial charge in [-0.2, -0.15) is 0 Å². The molecular formula is C22H26N4O2S. The molecule has 1 aliphatic heterocycles. The summed E-state index contributed by atoms with van der Waals surface area (Å²) < 4.78 is 1.57. The molecule has 1 amide bonds. The van der Waals surface area contributed by atoms with Crippen LogP contribution in [0.2, 0.25) is 0 Å². The Labute approximate surface area is 174 Å². The first-order valence-corrected chi connectivity index (χ1v) is 11.0. The third-order valence-electron chi connectivity index (χ3n) is 5.77. The van der Waals surface area contributed by atoms with Gasteiger partial charge in [0.25, 0.3) is 5.56 Å². The molecule has 1 fully saturated rings. The number of likely N-dealkylation sites (tertiary alicyclic amines) is 1. The number of amides is 1. The highest BCUT2D eigenvalue weighted by Gasteiger charge is 2.33. The van der Waals surface area contributed by atoms with Crippen LogP contribution in [0.5, 0.6) is 0 Å². The molecule has 2 atom stereocenters. The minimum atomic E-state index is -0.108. The number of benzene rings is 1. The van der Waals surface area contributed by atoms with Crippen LogP contribution >= 0.6 is 11.3 Å². The highest BCUT2D eigenvalue weighted by molar-refractivity contribution is 7.18. The van der Waals surface area contributed by atoms with Gasteiger partial charge in [0, 0.05) is 26.4 Å². The fraction of sp³-hybridized carbons (Fsp3) is 0.455. The van der Waals surface area contributed by atoms with E-state index in [1.807, 2.05) is 30.0 Å². The fourth-order valence-corrected chi connectivity index (χ4v) is 5.17. The Hall–Kier alpha value is -2.54. The first-order chi connectivity index (χ1) is 14.0. The Morgan fingerprint density at radius 1 is 1.28 bits per heavy atom. The Morgan fingerprint density at radius 2 is 2.03 bits per heavy atom. The quantitative estimate of drug-likeness (QED) is 0.641. The van der Waals surface area contributed by atoms with Crippen molar-refractivity contribution >= 4 is 27.6 Å². The maximum atomic E-state index is 13.1. The van der Waals surface area contributed by atoms with Gasteiger partial charge < -0.3 is 4.90 Å². The lowest BCUT2D eigenvalue weighted by molar-refractivity contribution is -0.132. The molecule has 0 N–H and O–H groups in total. The summed E-state index contributed by atoms with van der Waals surface area (Å²) in [5.41, 5.74) is 1.49. The standard InChI is InChI=1S/C22H26N4O2S/c1-4-17-23-21-19(22(28)25(17)3)24-20(29-21)16-11-8-12-26(16)18(27)13-14(2)15-9-6-5-7-10-15/h5-7,9-10,14,16H,4,8,11-13H2,1-3H3/t14-,16+/m0/s1. The summed E-state index contributed by atoms with van der Waals surface area (Å²) in [5.74, 6) is 1.08. The van der Waals surface area contributed by atoms with Crippen molar-refractivity contribution in [1.29, 1.82) is 0 Å². The number of hydrogen-bond donors (Lipinski definition) is 0. The molecule has 7 heteroatoms. The number of hydrogen-bond acceptors (Lipinski definition) is 5. The van der Waals surface area contributed by atoms with Gasteiger partial charge in [-0.25, -0.2) is 9.97 Å². The van der Waals surface area contributed by atoms with Gasteiger partial charge in [0.05, 0.1) is 6.04 Å². The van der Waals surface area contributed by atoms with Crippen LogP contribution in [0.1, 0.15) is 61.5 Å². The first-order valence-electron chi connectivity index (χ1n) is 10.2. The van der Waals surface area contributed by atoms with Gasteiger partial charge in [0.2, 0.25) is 5.91 Å². The second-order valence-electron chi connectivity index (χ2n) is 7.71. The third-order valence-corrected chi connectivity index (χ3v) is 6.83. The SMILES string of the molecule is CCc1nc2sc([C@H]3CCCN3C(=O)C[C@H](C)c3ccccc3)nc2c(=O)n1C. The van der Waals surface area contributed by atoms with E-state index in [9.17, 15) is 9.59 Å². The average molecular weight is 411 g/mol. The molecule has 6 nitrogen and oxygen atoms in total. The van der Waals surface area contributed by atoms with Gasteiger partial charge in [-0.3, -0.25) is 14.2 Å². The monoisotopic (exact) mass is 410 g/mol. The number of thiazole rings is 1. The normalized spacial score (nSPS) is 17.8. The van der Waals surface area contributed by atoms with Crippen LogP contribution in [0.3, 0.4) is 0 Å². The Kier molecular flexibility index (Phi) is 5.50. The first kappa shape index (κ1) is 19.8. The number of fused-ring (bicyclic) bond motifs is 1. The second kappa shape index (κ2) is 8.06. The predicted octanol–water partition coefficient (Wildman–Crippen LogP) is 3.81. The predicted molar refractivity (Wildman–Crippen MR) is 115 cm³/mol. The van der Waals surface area contributed by atoms with Crippen molar-refractivity contribution in [2.24, 2.45) is 7.05 Å². The van der Waals surface area contributed by atoms with E-state index in [4.69, 9.17) is 0 Å². The maximum Gasteiger partial charge on any atom is 0.280 e. The molecule has 3 aromatic rings. The highest BCUT2D eigenvalue weighted by atomic mass is 32.1. The number of aromatic nitrogens is 3. The van der Waals surface area contributed by atoms with Crippen molar-refractivity contribution in [1.82, 2.24) is 19.4 Å². The summed E-state index contributed by atoms with van der Waals surface area (Å²) in [6.45, 7) is 4.82. The van der Waals surface area contributed by atoms with Crippen LogP contribution in [-0.4, -0.2) is 31.9 Å². The van der Waals surface area contributed by atoms with Gasteiger partial charge in [0.1, 0.15) is 10.8 Å². The summed E-state index contributed by atoms with van der Waals surface area (Å²) in [6.07, 6.45) is 3.01. The molecular weight excluding hydrogens is 384 g/mol. The molecule has 0 spiro atoms. The van der Waals surface area contributed by atoms with Crippen LogP contribution < -0.4 is 5.56 Å². The van der Waals surface area contributed by atoms with Crippen molar-refractivity contribution in [2.75, 3.05) is 6.54 Å². The van der Waals surface area contributed by atoms with Gasteiger partial charge >= 0.3 is 0 Å². The van der Waals surface area contributed by atoms with Gasteiger partial charge in [0.15, 0.2) is 10.3 Å². The molecule has 3 heterocycles. The van der Waals surface area contributed by atoms with Crippen molar-refractivity contribution in [3.8, 4) is 0 Å². The summed E-state index contributed by atoms with van der Waals surface area (Å²) in [5, 5.41) is 0.830. The Morgan fingerprint density at radius 3 is 2.76 bits per heavy atom. The Bertz CT molecular complexity index is 1090. The van der Waals surface area contributed by atoms with Gasteiger partial charge in [-0.15, -0.1) is 0 Å². The van der Waals surface area contributed by atoms with Crippen LogP contribution in [-0.2, 0) is 18.3 Å². The zero-order valence-corrected chi connectivity index (χ0v) is 17.9. The molecule has 29 heavy (non-hydrogen) atoms. The van der Waals surface area contributed by atoms with E-state index in [1.165, 1.54) is 16.9 Å². The molecule has 0 bridgehead atoms. The molecule has 1 aliphatic rings. The molecule has 0 saturated carbocycles. The lowest BCUT2D eigenvalue weighted by Gasteiger charge is -2.24. The molecule has 1 aromatic carbocycles. The van der Waals surface area contributed by atoms with E-state index in [0.717, 1.165) is 30.2 Å². The fourth-order valence-electron chi connectivity index (χ4n) is 4.07. The summed E-state index contributed by atoms with van der Waals surface area (Å²) in [4.78, 5) is 37.6. The van der Waals surface area contributed by atoms with E-state index in [2.05, 4.69) is 29.0 Å². The number of nitrogens with zero attached hydrogens (tertiary/aromatic N) is 4.